The first-order valence-corrected chi connectivity index (χ1v) is 10.1. The number of carboxylic acid groups (broad SMARTS) is 1. The predicted molar refractivity (Wildman–Crippen MR) is 116 cm³/mol. The van der Waals surface area contributed by atoms with E-state index in [9.17, 15) is 24.3 Å². The molecule has 0 spiro atoms. The van der Waals surface area contributed by atoms with Crippen LogP contribution in [0, 0.1) is 0 Å². The Morgan fingerprint density at radius 3 is 2.25 bits per heavy atom. The molecule has 8 nitrogen and oxygen atoms in total. The van der Waals surface area contributed by atoms with Gasteiger partial charge < -0.3 is 14.6 Å². The smallest absolute Gasteiger partial charge is 0.411 e. The van der Waals surface area contributed by atoms with Gasteiger partial charge in [0, 0.05) is 12.0 Å². The lowest BCUT2D eigenvalue weighted by Gasteiger charge is -2.31. The van der Waals surface area contributed by atoms with Crippen LogP contribution in [0.5, 0.6) is 0 Å². The Hall–Kier alpha value is -3.68. The van der Waals surface area contributed by atoms with E-state index in [0.29, 0.717) is 17.4 Å². The molecule has 2 aromatic carbocycles. The summed E-state index contributed by atoms with van der Waals surface area (Å²) in [7, 11) is 0. The zero-order chi connectivity index (χ0) is 23.7. The number of carbonyl (C=O) groups is 4. The number of aldehydes is 1. The van der Waals surface area contributed by atoms with Crippen molar-refractivity contribution in [1.82, 2.24) is 4.90 Å². The highest BCUT2D eigenvalue weighted by molar-refractivity contribution is 5.85. The van der Waals surface area contributed by atoms with Gasteiger partial charge in [0.2, 0.25) is 0 Å². The molecule has 2 rings (SSSR count). The number of amides is 1. The SMILES string of the molecule is CC(C)(C)OC(=O)N(CC(=O)OCc1ccccc1)C(Cc1ccccc1C=O)C(=O)O. The van der Waals surface area contributed by atoms with Crippen molar-refractivity contribution in [3.63, 3.8) is 0 Å². The molecule has 0 saturated heterocycles. The first-order chi connectivity index (χ1) is 15.1. The number of rotatable bonds is 9. The molecule has 32 heavy (non-hydrogen) atoms. The largest absolute Gasteiger partial charge is 0.480 e. The van der Waals surface area contributed by atoms with Gasteiger partial charge in [-0.25, -0.2) is 9.59 Å². The van der Waals surface area contributed by atoms with Crippen LogP contribution < -0.4 is 0 Å². The molecule has 0 bridgehead atoms. The van der Waals surface area contributed by atoms with Crippen LogP contribution in [-0.2, 0) is 32.1 Å². The number of carbonyl (C=O) groups excluding carboxylic acids is 3. The summed E-state index contributed by atoms with van der Waals surface area (Å²) in [5.41, 5.74) is 0.572. The molecule has 170 valence electrons. The van der Waals surface area contributed by atoms with Gasteiger partial charge in [-0.1, -0.05) is 54.6 Å². The van der Waals surface area contributed by atoms with Gasteiger partial charge in [0.1, 0.15) is 31.1 Å². The minimum atomic E-state index is -1.45. The summed E-state index contributed by atoms with van der Waals surface area (Å²) >= 11 is 0. The molecule has 0 fully saturated rings. The average Bonchev–Trinajstić information content (AvgIpc) is 2.74. The molecule has 0 aromatic heterocycles. The maximum Gasteiger partial charge on any atom is 0.411 e. The van der Waals surface area contributed by atoms with Crippen molar-refractivity contribution in [1.29, 1.82) is 0 Å². The highest BCUT2D eigenvalue weighted by Gasteiger charge is 2.35. The van der Waals surface area contributed by atoms with Crippen LogP contribution in [-0.4, -0.2) is 52.5 Å². The van der Waals surface area contributed by atoms with E-state index in [2.05, 4.69) is 0 Å². The molecule has 0 aliphatic heterocycles. The van der Waals surface area contributed by atoms with Crippen LogP contribution in [0.25, 0.3) is 0 Å². The number of aliphatic carboxylic acids is 1. The van der Waals surface area contributed by atoms with E-state index in [1.807, 2.05) is 6.07 Å². The van der Waals surface area contributed by atoms with Crippen LogP contribution in [0.1, 0.15) is 42.3 Å². The first-order valence-electron chi connectivity index (χ1n) is 10.1. The number of esters is 1. The van der Waals surface area contributed by atoms with E-state index in [-0.39, 0.29) is 13.0 Å². The Labute approximate surface area is 186 Å². The summed E-state index contributed by atoms with van der Waals surface area (Å²) in [6.45, 7) is 4.26. The number of nitrogens with zero attached hydrogens (tertiary/aromatic N) is 1. The molecule has 1 N–H and O–H groups in total. The van der Waals surface area contributed by atoms with Crippen molar-refractivity contribution in [2.45, 2.75) is 45.4 Å². The van der Waals surface area contributed by atoms with E-state index >= 15 is 0 Å². The van der Waals surface area contributed by atoms with Gasteiger partial charge in [0.05, 0.1) is 0 Å². The molecular weight excluding hydrogens is 414 g/mol. The van der Waals surface area contributed by atoms with Crippen molar-refractivity contribution in [2.24, 2.45) is 0 Å². The second kappa shape index (κ2) is 11.1. The fourth-order valence-electron chi connectivity index (χ4n) is 2.92. The molecular formula is C24H27NO7. The van der Waals surface area contributed by atoms with Crippen LogP contribution >= 0.6 is 0 Å². The summed E-state index contributed by atoms with van der Waals surface area (Å²) in [4.78, 5) is 49.5. The number of ether oxygens (including phenoxy) is 2. The molecule has 0 heterocycles. The van der Waals surface area contributed by atoms with E-state index < -0.39 is 36.2 Å². The molecule has 8 heteroatoms. The maximum atomic E-state index is 12.8. The summed E-state index contributed by atoms with van der Waals surface area (Å²) in [6, 6.07) is 14.0. The average molecular weight is 441 g/mol. The van der Waals surface area contributed by atoms with Gasteiger partial charge in [-0.2, -0.15) is 0 Å². The van der Waals surface area contributed by atoms with Gasteiger partial charge in [-0.3, -0.25) is 14.5 Å². The molecule has 0 aliphatic carbocycles. The fraction of sp³-hybridized carbons (Fsp3) is 0.333. The Kier molecular flexibility index (Phi) is 8.52. The normalized spacial score (nSPS) is 11.8. The maximum absolute atomic E-state index is 12.8. The topological polar surface area (TPSA) is 110 Å². The van der Waals surface area contributed by atoms with Gasteiger partial charge >= 0.3 is 18.0 Å². The standard InChI is InChI=1S/C24H27NO7/c1-24(2,3)32-23(30)25(14-21(27)31-16-17-9-5-4-6-10-17)20(22(28)29)13-18-11-7-8-12-19(18)15-26/h4-12,15,20H,13-14,16H2,1-3H3,(H,28,29). The highest BCUT2D eigenvalue weighted by Crippen LogP contribution is 2.17. The second-order valence-electron chi connectivity index (χ2n) is 8.13. The molecule has 1 unspecified atom stereocenters. The number of benzene rings is 2. The number of hydrogen-bond acceptors (Lipinski definition) is 6. The van der Waals surface area contributed by atoms with E-state index in [1.54, 1.807) is 69.3 Å². The predicted octanol–water partition coefficient (Wildman–Crippen LogP) is 3.48. The minimum absolute atomic E-state index is 0.0203. The molecule has 0 radical (unpaired) electrons. The Morgan fingerprint density at radius 1 is 1.03 bits per heavy atom. The summed E-state index contributed by atoms with van der Waals surface area (Å²) in [5.74, 6) is -2.12. The molecule has 0 aliphatic rings. The Balaban J connectivity index is 2.25. The quantitative estimate of drug-likeness (QED) is 0.469. The first kappa shape index (κ1) is 24.6. The highest BCUT2D eigenvalue weighted by atomic mass is 16.6. The van der Waals surface area contributed by atoms with Crippen LogP contribution in [0.3, 0.4) is 0 Å². The van der Waals surface area contributed by atoms with Gasteiger partial charge in [-0.15, -0.1) is 0 Å². The van der Waals surface area contributed by atoms with Crippen molar-refractivity contribution >= 4 is 24.3 Å². The molecule has 1 atom stereocenters. The minimum Gasteiger partial charge on any atom is -0.480 e. The lowest BCUT2D eigenvalue weighted by molar-refractivity contribution is -0.150. The second-order valence-corrected chi connectivity index (χ2v) is 8.13. The Bertz CT molecular complexity index is 950. The third kappa shape index (κ3) is 7.54. The Morgan fingerprint density at radius 2 is 1.66 bits per heavy atom. The third-order valence-corrected chi connectivity index (χ3v) is 4.43. The molecule has 0 saturated carbocycles. The third-order valence-electron chi connectivity index (χ3n) is 4.43. The van der Waals surface area contributed by atoms with Gasteiger partial charge in [0.15, 0.2) is 0 Å². The fourth-order valence-corrected chi connectivity index (χ4v) is 2.92. The number of hydrogen-bond donors (Lipinski definition) is 1. The van der Waals surface area contributed by atoms with Crippen molar-refractivity contribution in [3.05, 3.63) is 71.3 Å². The van der Waals surface area contributed by atoms with Crippen LogP contribution in [0.15, 0.2) is 54.6 Å². The summed E-state index contributed by atoms with van der Waals surface area (Å²) in [5, 5.41) is 9.85. The van der Waals surface area contributed by atoms with Gasteiger partial charge in [-0.05, 0) is 31.9 Å². The monoisotopic (exact) mass is 441 g/mol. The van der Waals surface area contributed by atoms with Crippen molar-refractivity contribution < 1.29 is 33.8 Å². The van der Waals surface area contributed by atoms with E-state index in [1.165, 1.54) is 0 Å². The lowest BCUT2D eigenvalue weighted by Crippen LogP contribution is -2.50. The van der Waals surface area contributed by atoms with E-state index in [0.717, 1.165) is 10.5 Å². The summed E-state index contributed by atoms with van der Waals surface area (Å²) in [6.07, 6.45) is -0.541. The van der Waals surface area contributed by atoms with Crippen LogP contribution in [0.2, 0.25) is 0 Å². The van der Waals surface area contributed by atoms with E-state index in [4.69, 9.17) is 9.47 Å². The molecule has 2 aromatic rings. The zero-order valence-electron chi connectivity index (χ0n) is 18.3. The van der Waals surface area contributed by atoms with Gasteiger partial charge in [0.25, 0.3) is 0 Å². The molecule has 1 amide bonds. The summed E-state index contributed by atoms with van der Waals surface area (Å²) < 4.78 is 10.6. The van der Waals surface area contributed by atoms with Crippen molar-refractivity contribution in [3.8, 4) is 0 Å². The zero-order valence-corrected chi connectivity index (χ0v) is 18.3. The number of carboxylic acids is 1. The van der Waals surface area contributed by atoms with Crippen LogP contribution in [0.4, 0.5) is 4.79 Å². The lowest BCUT2D eigenvalue weighted by atomic mass is 10.00. The van der Waals surface area contributed by atoms with Crippen molar-refractivity contribution in [2.75, 3.05) is 6.54 Å².